The van der Waals surface area contributed by atoms with Gasteiger partial charge < -0.3 is 19.0 Å². The van der Waals surface area contributed by atoms with Crippen molar-refractivity contribution in [2.45, 2.75) is 37.6 Å². The van der Waals surface area contributed by atoms with Crippen molar-refractivity contribution >= 4 is 6.29 Å². The summed E-state index contributed by atoms with van der Waals surface area (Å²) in [5.41, 5.74) is 0. The molecule has 1 saturated heterocycles. The van der Waals surface area contributed by atoms with Gasteiger partial charge in [0.2, 0.25) is 0 Å². The standard InChI is InChI=1S/C13H20O4/c1-15-10-2-3-11-9(6-10)7-13(12(11)8-14)16-4-5-17-13/h8-12H,2-7H2,1H3/t9-,10+,11-,12+/m1/s1. The van der Waals surface area contributed by atoms with Crippen LogP contribution in [0.2, 0.25) is 0 Å². The molecule has 2 saturated carbocycles. The van der Waals surface area contributed by atoms with Crippen molar-refractivity contribution in [3.05, 3.63) is 0 Å². The normalized spacial score (nSPS) is 43.8. The topological polar surface area (TPSA) is 44.8 Å². The van der Waals surface area contributed by atoms with Gasteiger partial charge in [0.25, 0.3) is 0 Å². The van der Waals surface area contributed by atoms with Crippen LogP contribution in [0.5, 0.6) is 0 Å². The van der Waals surface area contributed by atoms with Crippen molar-refractivity contribution in [3.8, 4) is 0 Å². The van der Waals surface area contributed by atoms with E-state index in [-0.39, 0.29) is 5.92 Å². The predicted octanol–water partition coefficient (Wildman–Crippen LogP) is 1.38. The van der Waals surface area contributed by atoms with Crippen LogP contribution in [0.25, 0.3) is 0 Å². The zero-order valence-corrected chi connectivity index (χ0v) is 10.3. The second-order valence-corrected chi connectivity index (χ2v) is 5.47. The van der Waals surface area contributed by atoms with E-state index in [1.54, 1.807) is 7.11 Å². The molecule has 3 fully saturated rings. The summed E-state index contributed by atoms with van der Waals surface area (Å²) in [6.45, 7) is 1.25. The number of methoxy groups -OCH3 is 1. The molecule has 4 nitrogen and oxygen atoms in total. The Morgan fingerprint density at radius 2 is 2.06 bits per heavy atom. The van der Waals surface area contributed by atoms with E-state index in [2.05, 4.69) is 0 Å². The molecule has 0 N–H and O–H groups in total. The summed E-state index contributed by atoms with van der Waals surface area (Å²) in [6, 6.07) is 0. The summed E-state index contributed by atoms with van der Waals surface area (Å²) < 4.78 is 17.0. The van der Waals surface area contributed by atoms with Crippen LogP contribution in [0.15, 0.2) is 0 Å². The second kappa shape index (κ2) is 4.34. The van der Waals surface area contributed by atoms with Gasteiger partial charge in [0.1, 0.15) is 6.29 Å². The first-order valence-electron chi connectivity index (χ1n) is 6.55. The Labute approximate surface area is 102 Å². The minimum Gasteiger partial charge on any atom is -0.381 e. The third kappa shape index (κ3) is 1.74. The largest absolute Gasteiger partial charge is 0.381 e. The van der Waals surface area contributed by atoms with E-state index in [9.17, 15) is 4.79 Å². The Kier molecular flexibility index (Phi) is 2.97. The van der Waals surface area contributed by atoms with Gasteiger partial charge in [-0.1, -0.05) is 0 Å². The lowest BCUT2D eigenvalue weighted by molar-refractivity contribution is -0.184. The first kappa shape index (κ1) is 11.6. The molecule has 1 heterocycles. The molecule has 1 spiro atoms. The van der Waals surface area contributed by atoms with Crippen LogP contribution in [0.3, 0.4) is 0 Å². The number of rotatable bonds is 2. The molecule has 1 aliphatic heterocycles. The molecule has 0 radical (unpaired) electrons. The molecule has 0 bridgehead atoms. The maximum Gasteiger partial charge on any atom is 0.178 e. The Morgan fingerprint density at radius 1 is 1.29 bits per heavy atom. The van der Waals surface area contributed by atoms with E-state index in [1.807, 2.05) is 0 Å². The summed E-state index contributed by atoms with van der Waals surface area (Å²) in [5.74, 6) is 0.270. The molecule has 3 aliphatic rings. The summed E-state index contributed by atoms with van der Waals surface area (Å²) in [6.07, 6.45) is 5.42. The molecule has 4 heteroatoms. The maximum absolute atomic E-state index is 11.4. The molecule has 2 aliphatic carbocycles. The average Bonchev–Trinajstić information content (AvgIpc) is 2.93. The highest BCUT2D eigenvalue weighted by molar-refractivity contribution is 5.57. The van der Waals surface area contributed by atoms with Gasteiger partial charge in [0.15, 0.2) is 5.79 Å². The molecule has 0 aromatic rings. The number of carbonyl (C=O) groups is 1. The van der Waals surface area contributed by atoms with Gasteiger partial charge in [0, 0.05) is 13.5 Å². The monoisotopic (exact) mass is 240 g/mol. The van der Waals surface area contributed by atoms with Crippen molar-refractivity contribution in [2.75, 3.05) is 20.3 Å². The predicted molar refractivity (Wildman–Crippen MR) is 60.4 cm³/mol. The smallest absolute Gasteiger partial charge is 0.178 e. The summed E-state index contributed by atoms with van der Waals surface area (Å²) in [5, 5.41) is 0. The highest BCUT2D eigenvalue weighted by Crippen LogP contribution is 2.53. The maximum atomic E-state index is 11.4. The molecule has 0 aromatic carbocycles. The molecule has 0 aromatic heterocycles. The molecule has 0 amide bonds. The summed E-state index contributed by atoms with van der Waals surface area (Å²) >= 11 is 0. The quantitative estimate of drug-likeness (QED) is 0.684. The van der Waals surface area contributed by atoms with Gasteiger partial charge in [-0.15, -0.1) is 0 Å². The molecule has 4 atom stereocenters. The van der Waals surface area contributed by atoms with Crippen molar-refractivity contribution in [3.63, 3.8) is 0 Å². The molecule has 17 heavy (non-hydrogen) atoms. The van der Waals surface area contributed by atoms with E-state index in [4.69, 9.17) is 14.2 Å². The Balaban J connectivity index is 1.80. The minimum atomic E-state index is -0.598. The number of hydrogen-bond acceptors (Lipinski definition) is 4. The van der Waals surface area contributed by atoms with Gasteiger partial charge in [0.05, 0.1) is 25.2 Å². The molecular weight excluding hydrogens is 220 g/mol. The van der Waals surface area contributed by atoms with Gasteiger partial charge in [-0.05, 0) is 31.1 Å². The van der Waals surface area contributed by atoms with Crippen LogP contribution in [0.4, 0.5) is 0 Å². The lowest BCUT2D eigenvalue weighted by Crippen LogP contribution is -2.38. The fourth-order valence-corrected chi connectivity index (χ4v) is 3.98. The third-order valence-electron chi connectivity index (χ3n) is 4.77. The van der Waals surface area contributed by atoms with Crippen LogP contribution in [-0.2, 0) is 19.0 Å². The van der Waals surface area contributed by atoms with Crippen molar-refractivity contribution < 1.29 is 19.0 Å². The van der Waals surface area contributed by atoms with Crippen molar-refractivity contribution in [1.29, 1.82) is 0 Å². The van der Waals surface area contributed by atoms with Crippen LogP contribution in [0.1, 0.15) is 25.7 Å². The van der Waals surface area contributed by atoms with E-state index >= 15 is 0 Å². The minimum absolute atomic E-state index is 0.0761. The number of aldehydes is 1. The van der Waals surface area contributed by atoms with Crippen LogP contribution < -0.4 is 0 Å². The second-order valence-electron chi connectivity index (χ2n) is 5.47. The van der Waals surface area contributed by atoms with E-state index in [1.165, 1.54) is 0 Å². The van der Waals surface area contributed by atoms with Crippen molar-refractivity contribution in [2.24, 2.45) is 17.8 Å². The molecule has 3 rings (SSSR count). The Hall–Kier alpha value is -0.450. The number of hydrogen-bond donors (Lipinski definition) is 0. The van der Waals surface area contributed by atoms with Gasteiger partial charge in [-0.25, -0.2) is 0 Å². The lowest BCUT2D eigenvalue weighted by atomic mass is 9.77. The number of carbonyl (C=O) groups excluding carboxylic acids is 1. The fraction of sp³-hybridized carbons (Fsp3) is 0.923. The summed E-state index contributed by atoms with van der Waals surface area (Å²) in [7, 11) is 1.77. The lowest BCUT2D eigenvalue weighted by Gasteiger charge is -2.32. The summed E-state index contributed by atoms with van der Waals surface area (Å²) in [4.78, 5) is 11.4. The Bertz CT molecular complexity index is 298. The first-order chi connectivity index (χ1) is 8.29. The first-order valence-corrected chi connectivity index (χ1v) is 6.55. The number of fused-ring (bicyclic) bond motifs is 1. The van der Waals surface area contributed by atoms with E-state index in [0.29, 0.717) is 31.2 Å². The molecular formula is C13H20O4. The fourth-order valence-electron chi connectivity index (χ4n) is 3.98. The number of ether oxygens (including phenoxy) is 3. The highest BCUT2D eigenvalue weighted by atomic mass is 16.7. The van der Waals surface area contributed by atoms with E-state index < -0.39 is 5.79 Å². The van der Waals surface area contributed by atoms with Gasteiger partial charge >= 0.3 is 0 Å². The Morgan fingerprint density at radius 3 is 2.71 bits per heavy atom. The van der Waals surface area contributed by atoms with Crippen molar-refractivity contribution in [1.82, 2.24) is 0 Å². The molecule has 96 valence electrons. The zero-order chi connectivity index (χ0) is 11.9. The SMILES string of the molecule is CO[C@H]1CC[C@@H]2[C@H](C1)CC1(OCCO1)[C@H]2C=O. The molecule has 0 unspecified atom stereocenters. The third-order valence-corrected chi connectivity index (χ3v) is 4.77. The van der Waals surface area contributed by atoms with Crippen LogP contribution in [-0.4, -0.2) is 38.5 Å². The van der Waals surface area contributed by atoms with Gasteiger partial charge in [-0.3, -0.25) is 0 Å². The zero-order valence-electron chi connectivity index (χ0n) is 10.3. The average molecular weight is 240 g/mol. The van der Waals surface area contributed by atoms with Crippen LogP contribution >= 0.6 is 0 Å². The highest BCUT2D eigenvalue weighted by Gasteiger charge is 2.58. The van der Waals surface area contributed by atoms with Gasteiger partial charge in [-0.2, -0.15) is 0 Å². The van der Waals surface area contributed by atoms with E-state index in [0.717, 1.165) is 32.0 Å². The van der Waals surface area contributed by atoms with Crippen LogP contribution in [0, 0.1) is 17.8 Å².